The number of hydrogen-bond donors (Lipinski definition) is 2. The molecule has 2 fully saturated rings. The molecule has 1 amide bonds. The maximum absolute atomic E-state index is 13.2. The Balaban J connectivity index is 1.70. The Kier molecular flexibility index (Phi) is 5.53. The number of likely N-dealkylation sites (tertiary alicyclic amines) is 1. The van der Waals surface area contributed by atoms with Crippen molar-refractivity contribution in [2.75, 3.05) is 20.8 Å². The lowest BCUT2D eigenvalue weighted by molar-refractivity contribution is -0.940. The molecule has 1 unspecified atom stereocenters. The lowest BCUT2D eigenvalue weighted by atomic mass is 9.98. The van der Waals surface area contributed by atoms with Gasteiger partial charge in [-0.3, -0.25) is 4.79 Å². The van der Waals surface area contributed by atoms with Gasteiger partial charge in [-0.2, -0.15) is 0 Å². The third-order valence-corrected chi connectivity index (χ3v) is 5.91. The maximum Gasteiger partial charge on any atom is 0.283 e. The zero-order valence-electron chi connectivity index (χ0n) is 16.6. The molecule has 0 radical (unpaired) electrons. The summed E-state index contributed by atoms with van der Waals surface area (Å²) in [4.78, 5) is 14.5. The van der Waals surface area contributed by atoms with Crippen LogP contribution in [0.3, 0.4) is 0 Å². The Morgan fingerprint density at radius 1 is 1.07 bits per heavy atom. The van der Waals surface area contributed by atoms with Gasteiger partial charge in [0.25, 0.3) is 5.91 Å². The van der Waals surface area contributed by atoms with E-state index in [2.05, 4.69) is 23.5 Å². The van der Waals surface area contributed by atoms with Crippen molar-refractivity contribution in [1.29, 1.82) is 0 Å². The Bertz CT molecular complexity index is 820. The zero-order valence-corrected chi connectivity index (χ0v) is 16.6. The summed E-state index contributed by atoms with van der Waals surface area (Å²) < 4.78 is 11.1. The molecule has 2 N–H and O–H groups in total. The smallest absolute Gasteiger partial charge is 0.283 e. The van der Waals surface area contributed by atoms with Crippen LogP contribution in [0.25, 0.3) is 0 Å². The SMILES string of the molecule is COc1ccc(OC)c([C@@H]2CCC[NH+]2[C@H](C(=O)NC2CC2)c2ccccc2)c1. The Hall–Kier alpha value is -2.53. The van der Waals surface area contributed by atoms with Gasteiger partial charge in [-0.25, -0.2) is 0 Å². The molecule has 2 aliphatic rings. The molecule has 2 aromatic carbocycles. The Morgan fingerprint density at radius 3 is 2.54 bits per heavy atom. The molecule has 0 bridgehead atoms. The van der Waals surface area contributed by atoms with E-state index in [0.29, 0.717) is 6.04 Å². The van der Waals surface area contributed by atoms with E-state index in [1.165, 1.54) is 4.90 Å². The summed E-state index contributed by atoms with van der Waals surface area (Å²) in [5.74, 6) is 1.82. The largest absolute Gasteiger partial charge is 0.497 e. The normalized spacial score (nSPS) is 22.5. The molecule has 0 aromatic heterocycles. The van der Waals surface area contributed by atoms with Gasteiger partial charge in [-0.05, 0) is 31.0 Å². The minimum atomic E-state index is -0.217. The number of hydrogen-bond acceptors (Lipinski definition) is 3. The standard InChI is InChI=1S/C23H28N2O3/c1-27-18-12-13-21(28-2)19(15-18)20-9-6-14-25(20)22(16-7-4-3-5-8-16)23(26)24-17-10-11-17/h3-5,7-8,12-13,15,17,20,22H,6,9-11,14H2,1-2H3,(H,24,26)/p+1/t20-,22-/m0/s1. The van der Waals surface area contributed by atoms with Crippen LogP contribution in [0.2, 0.25) is 0 Å². The summed E-state index contributed by atoms with van der Waals surface area (Å²) in [5, 5.41) is 3.24. The summed E-state index contributed by atoms with van der Waals surface area (Å²) in [6.07, 6.45) is 4.30. The maximum atomic E-state index is 13.2. The third-order valence-electron chi connectivity index (χ3n) is 5.91. The Morgan fingerprint density at radius 2 is 1.86 bits per heavy atom. The van der Waals surface area contributed by atoms with Crippen LogP contribution >= 0.6 is 0 Å². The van der Waals surface area contributed by atoms with Crippen molar-refractivity contribution in [3.05, 3.63) is 59.7 Å². The van der Waals surface area contributed by atoms with Crippen molar-refractivity contribution in [1.82, 2.24) is 5.32 Å². The number of amides is 1. The number of methoxy groups -OCH3 is 2. The van der Waals surface area contributed by atoms with Gasteiger partial charge in [-0.15, -0.1) is 0 Å². The molecule has 0 spiro atoms. The second kappa shape index (κ2) is 8.23. The summed E-state index contributed by atoms with van der Waals surface area (Å²) in [6, 6.07) is 16.5. The molecule has 1 aliphatic heterocycles. The first kappa shape index (κ1) is 18.8. The zero-order chi connectivity index (χ0) is 19.5. The number of ether oxygens (including phenoxy) is 2. The van der Waals surface area contributed by atoms with Gasteiger partial charge < -0.3 is 19.7 Å². The van der Waals surface area contributed by atoms with Crippen LogP contribution < -0.4 is 19.7 Å². The molecule has 5 nitrogen and oxygen atoms in total. The summed E-state index contributed by atoms with van der Waals surface area (Å²) in [7, 11) is 3.38. The van der Waals surface area contributed by atoms with Gasteiger partial charge in [-0.1, -0.05) is 30.3 Å². The molecule has 148 valence electrons. The van der Waals surface area contributed by atoms with Crippen molar-refractivity contribution in [3.63, 3.8) is 0 Å². The van der Waals surface area contributed by atoms with Gasteiger partial charge in [0.05, 0.1) is 26.3 Å². The second-order valence-electron chi connectivity index (χ2n) is 7.75. The summed E-state index contributed by atoms with van der Waals surface area (Å²) in [5.41, 5.74) is 2.19. The van der Waals surface area contributed by atoms with Crippen LogP contribution in [0, 0.1) is 0 Å². The van der Waals surface area contributed by atoms with Crippen molar-refractivity contribution in [2.24, 2.45) is 0 Å². The molecule has 1 heterocycles. The molecule has 1 saturated heterocycles. The number of nitrogens with one attached hydrogen (secondary N) is 2. The molecular formula is C23H29N2O3+. The molecule has 3 atom stereocenters. The first-order valence-electron chi connectivity index (χ1n) is 10.1. The summed E-state index contributed by atoms with van der Waals surface area (Å²) in [6.45, 7) is 0.961. The van der Waals surface area contributed by atoms with Crippen LogP contribution in [0.4, 0.5) is 0 Å². The van der Waals surface area contributed by atoms with E-state index < -0.39 is 0 Å². The predicted molar refractivity (Wildman–Crippen MR) is 108 cm³/mol. The monoisotopic (exact) mass is 381 g/mol. The highest BCUT2D eigenvalue weighted by molar-refractivity contribution is 5.82. The predicted octanol–water partition coefficient (Wildman–Crippen LogP) is 2.44. The van der Waals surface area contributed by atoms with E-state index in [1.807, 2.05) is 30.3 Å². The van der Waals surface area contributed by atoms with Crippen LogP contribution in [-0.4, -0.2) is 32.7 Å². The minimum Gasteiger partial charge on any atom is -0.497 e. The van der Waals surface area contributed by atoms with Gasteiger partial charge in [0.15, 0.2) is 6.04 Å². The molecule has 5 heteroatoms. The number of carbonyl (C=O) groups is 1. The average Bonchev–Trinajstić information content (AvgIpc) is 3.42. The van der Waals surface area contributed by atoms with Gasteiger partial charge >= 0.3 is 0 Å². The highest BCUT2D eigenvalue weighted by atomic mass is 16.5. The minimum absolute atomic E-state index is 0.137. The average molecular weight is 381 g/mol. The highest BCUT2D eigenvalue weighted by Gasteiger charge is 2.43. The van der Waals surface area contributed by atoms with Gasteiger partial charge in [0.1, 0.15) is 17.5 Å². The van der Waals surface area contributed by atoms with Crippen LogP contribution in [0.15, 0.2) is 48.5 Å². The quantitative estimate of drug-likeness (QED) is 0.775. The van der Waals surface area contributed by atoms with Crippen molar-refractivity contribution in [3.8, 4) is 11.5 Å². The van der Waals surface area contributed by atoms with E-state index in [-0.39, 0.29) is 18.0 Å². The van der Waals surface area contributed by atoms with E-state index in [4.69, 9.17) is 9.47 Å². The number of benzene rings is 2. The van der Waals surface area contributed by atoms with Crippen LogP contribution in [0.5, 0.6) is 11.5 Å². The molecule has 2 aromatic rings. The van der Waals surface area contributed by atoms with Crippen LogP contribution in [-0.2, 0) is 4.79 Å². The molecule has 1 saturated carbocycles. The topological polar surface area (TPSA) is 52.0 Å². The van der Waals surface area contributed by atoms with E-state index >= 15 is 0 Å². The van der Waals surface area contributed by atoms with E-state index in [0.717, 1.165) is 54.9 Å². The van der Waals surface area contributed by atoms with Crippen molar-refractivity contribution < 1.29 is 19.2 Å². The van der Waals surface area contributed by atoms with Crippen LogP contribution in [0.1, 0.15) is 48.9 Å². The lowest BCUT2D eigenvalue weighted by Crippen LogP contribution is -3.11. The van der Waals surface area contributed by atoms with E-state index in [9.17, 15) is 4.79 Å². The Labute approximate surface area is 166 Å². The molecule has 28 heavy (non-hydrogen) atoms. The fourth-order valence-corrected chi connectivity index (χ4v) is 4.37. The first-order chi connectivity index (χ1) is 13.7. The third kappa shape index (κ3) is 3.85. The van der Waals surface area contributed by atoms with Crippen molar-refractivity contribution >= 4 is 5.91 Å². The number of rotatable bonds is 7. The van der Waals surface area contributed by atoms with Crippen molar-refractivity contribution in [2.45, 2.75) is 43.8 Å². The number of carbonyl (C=O) groups excluding carboxylic acids is 1. The van der Waals surface area contributed by atoms with Gasteiger partial charge in [0, 0.05) is 24.4 Å². The molecule has 1 aliphatic carbocycles. The first-order valence-corrected chi connectivity index (χ1v) is 10.1. The fourth-order valence-electron chi connectivity index (χ4n) is 4.37. The molecular weight excluding hydrogens is 352 g/mol. The number of quaternary nitrogens is 1. The lowest BCUT2D eigenvalue weighted by Gasteiger charge is -2.30. The molecule has 4 rings (SSSR count). The van der Waals surface area contributed by atoms with E-state index in [1.54, 1.807) is 14.2 Å². The van der Waals surface area contributed by atoms with Gasteiger partial charge in [0.2, 0.25) is 0 Å². The summed E-state index contributed by atoms with van der Waals surface area (Å²) >= 11 is 0. The fraction of sp³-hybridized carbons (Fsp3) is 0.435. The second-order valence-corrected chi connectivity index (χ2v) is 7.75. The highest BCUT2D eigenvalue weighted by Crippen LogP contribution is 2.33.